The maximum atomic E-state index is 11.5. The van der Waals surface area contributed by atoms with Gasteiger partial charge >= 0.3 is 5.97 Å². The zero-order chi connectivity index (χ0) is 12.8. The second kappa shape index (κ2) is 6.20. The molecule has 0 saturated heterocycles. The summed E-state index contributed by atoms with van der Waals surface area (Å²) < 4.78 is 29.3. The zero-order valence-electron chi connectivity index (χ0n) is 10.4. The van der Waals surface area contributed by atoms with E-state index in [1.807, 2.05) is 6.92 Å². The third-order valence-corrected chi connectivity index (χ3v) is 3.99. The highest BCUT2D eigenvalue weighted by Gasteiger charge is 2.26. The van der Waals surface area contributed by atoms with Crippen molar-refractivity contribution in [2.45, 2.75) is 33.6 Å². The number of nitrogens with one attached hydrogen (secondary N) is 1. The molecule has 0 bridgehead atoms. The highest BCUT2D eigenvalue weighted by Crippen LogP contribution is 2.21. The maximum Gasteiger partial charge on any atom is 0.311 e. The molecule has 0 saturated carbocycles. The summed E-state index contributed by atoms with van der Waals surface area (Å²) in [5.41, 5.74) is -0.498. The SMILES string of the molecule is CCC(C)(C)C(=O)OCCCS(=O)(=O)NC. The molecule has 1 N–H and O–H groups in total. The minimum Gasteiger partial charge on any atom is -0.465 e. The van der Waals surface area contributed by atoms with Gasteiger partial charge in [0.05, 0.1) is 17.8 Å². The van der Waals surface area contributed by atoms with Gasteiger partial charge in [-0.2, -0.15) is 0 Å². The van der Waals surface area contributed by atoms with E-state index in [0.717, 1.165) is 0 Å². The van der Waals surface area contributed by atoms with E-state index in [1.54, 1.807) is 13.8 Å². The molecule has 96 valence electrons. The summed E-state index contributed by atoms with van der Waals surface area (Å²) >= 11 is 0. The number of esters is 1. The molecule has 6 heteroatoms. The average Bonchev–Trinajstić information content (AvgIpc) is 2.24. The van der Waals surface area contributed by atoms with Crippen LogP contribution in [0.2, 0.25) is 0 Å². The van der Waals surface area contributed by atoms with Crippen molar-refractivity contribution in [2.75, 3.05) is 19.4 Å². The standard InChI is InChI=1S/C10H21NO4S/c1-5-10(2,3)9(12)15-7-6-8-16(13,14)11-4/h11H,5-8H2,1-4H3. The van der Waals surface area contributed by atoms with E-state index in [9.17, 15) is 13.2 Å². The Labute approximate surface area is 97.6 Å². The molecule has 5 nitrogen and oxygen atoms in total. The second-order valence-corrected chi connectivity index (χ2v) is 6.30. The molecule has 0 aliphatic heterocycles. The van der Waals surface area contributed by atoms with Crippen LogP contribution in [0.25, 0.3) is 0 Å². The third kappa shape index (κ3) is 5.46. The van der Waals surface area contributed by atoms with Crippen LogP contribution in [0.15, 0.2) is 0 Å². The first-order valence-electron chi connectivity index (χ1n) is 5.33. The molecule has 0 atom stereocenters. The Morgan fingerprint density at radius 1 is 1.38 bits per heavy atom. The highest BCUT2D eigenvalue weighted by molar-refractivity contribution is 7.89. The van der Waals surface area contributed by atoms with Crippen molar-refractivity contribution in [1.82, 2.24) is 4.72 Å². The van der Waals surface area contributed by atoms with Gasteiger partial charge in [0.1, 0.15) is 0 Å². The summed E-state index contributed by atoms with van der Waals surface area (Å²) in [4.78, 5) is 11.5. The number of rotatable bonds is 7. The molecule has 16 heavy (non-hydrogen) atoms. The Kier molecular flexibility index (Phi) is 5.96. The van der Waals surface area contributed by atoms with Crippen LogP contribution >= 0.6 is 0 Å². The van der Waals surface area contributed by atoms with Gasteiger partial charge in [-0.3, -0.25) is 4.79 Å². The quantitative estimate of drug-likeness (QED) is 0.539. The number of hydrogen-bond acceptors (Lipinski definition) is 4. The monoisotopic (exact) mass is 251 g/mol. The van der Waals surface area contributed by atoms with Crippen molar-refractivity contribution < 1.29 is 17.9 Å². The van der Waals surface area contributed by atoms with Gasteiger partial charge in [-0.1, -0.05) is 6.92 Å². The summed E-state index contributed by atoms with van der Waals surface area (Å²) in [5.74, 6) is -0.305. The average molecular weight is 251 g/mol. The van der Waals surface area contributed by atoms with E-state index in [1.165, 1.54) is 7.05 Å². The van der Waals surface area contributed by atoms with Crippen molar-refractivity contribution in [3.63, 3.8) is 0 Å². The summed E-state index contributed by atoms with van der Waals surface area (Å²) in [6.07, 6.45) is 1.01. The number of carbonyl (C=O) groups excluding carboxylic acids is 1. The van der Waals surface area contributed by atoms with Crippen molar-refractivity contribution in [3.8, 4) is 0 Å². The summed E-state index contributed by atoms with van der Waals surface area (Å²) in [6.45, 7) is 5.66. The van der Waals surface area contributed by atoms with Crippen LogP contribution < -0.4 is 4.72 Å². The Hall–Kier alpha value is -0.620. The lowest BCUT2D eigenvalue weighted by Crippen LogP contribution is -2.27. The molecule has 0 spiro atoms. The van der Waals surface area contributed by atoms with Gasteiger partial charge in [-0.25, -0.2) is 13.1 Å². The third-order valence-electron chi connectivity index (χ3n) is 2.54. The molecule has 0 amide bonds. The molecule has 0 radical (unpaired) electrons. The first-order valence-corrected chi connectivity index (χ1v) is 6.99. The van der Waals surface area contributed by atoms with Crippen LogP contribution in [0.5, 0.6) is 0 Å². The van der Waals surface area contributed by atoms with Crippen LogP contribution in [0.3, 0.4) is 0 Å². The highest BCUT2D eigenvalue weighted by atomic mass is 32.2. The predicted octanol–water partition coefficient (Wildman–Crippen LogP) is 0.905. The van der Waals surface area contributed by atoms with Crippen LogP contribution in [0, 0.1) is 5.41 Å². The van der Waals surface area contributed by atoms with Crippen molar-refractivity contribution in [2.24, 2.45) is 5.41 Å². The molecule has 0 aliphatic rings. The Balaban J connectivity index is 3.89. The van der Waals surface area contributed by atoms with Crippen molar-refractivity contribution in [3.05, 3.63) is 0 Å². The largest absolute Gasteiger partial charge is 0.465 e. The van der Waals surface area contributed by atoms with E-state index < -0.39 is 15.4 Å². The molecule has 0 heterocycles. The van der Waals surface area contributed by atoms with E-state index in [0.29, 0.717) is 12.8 Å². The van der Waals surface area contributed by atoms with Gasteiger partial charge in [0.2, 0.25) is 10.0 Å². The fourth-order valence-corrected chi connectivity index (χ4v) is 1.56. The van der Waals surface area contributed by atoms with Crippen LogP contribution in [-0.4, -0.2) is 33.8 Å². The molecule has 0 unspecified atom stereocenters. The molecule has 0 aromatic rings. The van der Waals surface area contributed by atoms with Gasteiger partial charge < -0.3 is 4.74 Å². The lowest BCUT2D eigenvalue weighted by atomic mass is 9.91. The first-order chi connectivity index (χ1) is 7.25. The number of carbonyl (C=O) groups is 1. The molecule has 0 fully saturated rings. The first kappa shape index (κ1) is 15.4. The maximum absolute atomic E-state index is 11.5. The van der Waals surface area contributed by atoms with Crippen LogP contribution in [0.4, 0.5) is 0 Å². The fraction of sp³-hybridized carbons (Fsp3) is 0.900. The van der Waals surface area contributed by atoms with E-state index in [2.05, 4.69) is 4.72 Å². The Bertz CT molecular complexity index is 322. The minimum absolute atomic E-state index is 0.0245. The van der Waals surface area contributed by atoms with Gasteiger partial charge in [0.15, 0.2) is 0 Å². The van der Waals surface area contributed by atoms with Gasteiger partial charge in [0, 0.05) is 0 Å². The predicted molar refractivity (Wildman–Crippen MR) is 62.5 cm³/mol. The van der Waals surface area contributed by atoms with Gasteiger partial charge in [-0.15, -0.1) is 0 Å². The molecule has 0 rings (SSSR count). The van der Waals surface area contributed by atoms with Gasteiger partial charge in [-0.05, 0) is 33.7 Å². The lowest BCUT2D eigenvalue weighted by Gasteiger charge is -2.20. The molecular formula is C10H21NO4S. The van der Waals surface area contributed by atoms with Crippen LogP contribution in [0.1, 0.15) is 33.6 Å². The van der Waals surface area contributed by atoms with Crippen LogP contribution in [-0.2, 0) is 19.6 Å². The number of ether oxygens (including phenoxy) is 1. The normalized spacial score (nSPS) is 12.5. The summed E-state index contributed by atoms with van der Waals surface area (Å²) in [5, 5.41) is 0. The zero-order valence-corrected chi connectivity index (χ0v) is 11.2. The molecular weight excluding hydrogens is 230 g/mol. The number of hydrogen-bond donors (Lipinski definition) is 1. The van der Waals surface area contributed by atoms with Crippen molar-refractivity contribution in [1.29, 1.82) is 0 Å². The number of sulfonamides is 1. The Morgan fingerprint density at radius 3 is 2.38 bits per heavy atom. The van der Waals surface area contributed by atoms with Gasteiger partial charge in [0.25, 0.3) is 0 Å². The molecule has 0 aliphatic carbocycles. The van der Waals surface area contributed by atoms with E-state index in [-0.39, 0.29) is 18.3 Å². The topological polar surface area (TPSA) is 72.5 Å². The minimum atomic E-state index is -3.20. The van der Waals surface area contributed by atoms with Crippen molar-refractivity contribution >= 4 is 16.0 Å². The summed E-state index contributed by atoms with van der Waals surface area (Å²) in [6, 6.07) is 0. The molecule has 0 aromatic carbocycles. The fourth-order valence-electron chi connectivity index (χ4n) is 0.856. The van der Waals surface area contributed by atoms with E-state index >= 15 is 0 Å². The lowest BCUT2D eigenvalue weighted by molar-refractivity contribution is -0.154. The van der Waals surface area contributed by atoms with E-state index in [4.69, 9.17) is 4.74 Å². The smallest absolute Gasteiger partial charge is 0.311 e. The second-order valence-electron chi connectivity index (χ2n) is 4.25. The Morgan fingerprint density at radius 2 is 1.94 bits per heavy atom. The summed E-state index contributed by atoms with van der Waals surface area (Å²) in [7, 11) is -1.84. The molecule has 0 aromatic heterocycles.